The molecule has 0 radical (unpaired) electrons. The van der Waals surface area contributed by atoms with E-state index >= 15 is 0 Å². The molecule has 3 aromatic rings. The van der Waals surface area contributed by atoms with Gasteiger partial charge in [-0.15, -0.1) is 10.2 Å². The van der Waals surface area contributed by atoms with Gasteiger partial charge in [-0.1, -0.05) is 23.7 Å². The molecule has 0 amide bonds. The zero-order valence-corrected chi connectivity index (χ0v) is 16.3. The zero-order chi connectivity index (χ0) is 18.7. The molecular weight excluding hydrogens is 396 g/mol. The second-order valence-corrected chi connectivity index (χ2v) is 8.32. The van der Waals surface area contributed by atoms with Crippen LogP contribution in [0.25, 0.3) is 0 Å². The van der Waals surface area contributed by atoms with Crippen LogP contribution in [-0.2, 0) is 17.1 Å². The number of nitrogens with one attached hydrogen (secondary N) is 1. The third-order valence-electron chi connectivity index (χ3n) is 3.44. The van der Waals surface area contributed by atoms with Gasteiger partial charge in [0.1, 0.15) is 12.1 Å². The Morgan fingerprint density at radius 3 is 2.65 bits per heavy atom. The number of nitrogens with zero attached hydrogens (tertiary/aromatic N) is 3. The molecule has 0 unspecified atom stereocenters. The van der Waals surface area contributed by atoms with Crippen LogP contribution < -0.4 is 9.46 Å². The standard InChI is InChI=1S/C16H15ClN4O3S2/c1-21-10-18-19-16(21)25-15-6-4-3-5-13(15)20-26(22,23)11-7-8-14(24-2)12(17)9-11/h3-10,20H,1-2H3. The largest absolute Gasteiger partial charge is 0.495 e. The maximum atomic E-state index is 12.7. The van der Waals surface area contributed by atoms with E-state index < -0.39 is 10.0 Å². The van der Waals surface area contributed by atoms with Gasteiger partial charge in [0.05, 0.1) is 22.7 Å². The molecule has 1 N–H and O–H groups in total. The summed E-state index contributed by atoms with van der Waals surface area (Å²) in [6.45, 7) is 0. The van der Waals surface area contributed by atoms with Crippen LogP contribution in [0.1, 0.15) is 0 Å². The van der Waals surface area contributed by atoms with E-state index in [-0.39, 0.29) is 9.92 Å². The number of benzene rings is 2. The van der Waals surface area contributed by atoms with Crippen molar-refractivity contribution in [2.45, 2.75) is 14.9 Å². The lowest BCUT2D eigenvalue weighted by Gasteiger charge is -2.13. The van der Waals surface area contributed by atoms with Gasteiger partial charge < -0.3 is 9.30 Å². The summed E-state index contributed by atoms with van der Waals surface area (Å²) >= 11 is 7.35. The quantitative estimate of drug-likeness (QED) is 0.670. The highest BCUT2D eigenvalue weighted by Crippen LogP contribution is 2.34. The predicted molar refractivity (Wildman–Crippen MR) is 100 cm³/mol. The highest BCUT2D eigenvalue weighted by atomic mass is 35.5. The maximum Gasteiger partial charge on any atom is 0.261 e. The van der Waals surface area contributed by atoms with Crippen molar-refractivity contribution in [3.63, 3.8) is 0 Å². The number of halogens is 1. The summed E-state index contributed by atoms with van der Waals surface area (Å²) in [5, 5.41) is 8.69. The van der Waals surface area contributed by atoms with E-state index in [4.69, 9.17) is 16.3 Å². The first kappa shape index (κ1) is 18.6. The van der Waals surface area contributed by atoms with Crippen molar-refractivity contribution >= 4 is 39.1 Å². The number of para-hydroxylation sites is 1. The summed E-state index contributed by atoms with van der Waals surface area (Å²) in [5.41, 5.74) is 0.437. The molecule has 0 fully saturated rings. The molecule has 0 saturated carbocycles. The van der Waals surface area contributed by atoms with Crippen LogP contribution in [0, 0.1) is 0 Å². The summed E-state index contributed by atoms with van der Waals surface area (Å²) in [4.78, 5) is 0.744. The van der Waals surface area contributed by atoms with Gasteiger partial charge in [-0.2, -0.15) is 0 Å². The van der Waals surface area contributed by atoms with Crippen LogP contribution in [0.15, 0.2) is 63.7 Å². The van der Waals surface area contributed by atoms with Gasteiger partial charge in [0.25, 0.3) is 10.0 Å². The average molecular weight is 411 g/mol. The summed E-state index contributed by atoms with van der Waals surface area (Å²) in [5.74, 6) is 0.406. The van der Waals surface area contributed by atoms with Crippen LogP contribution in [0.5, 0.6) is 5.75 Å². The van der Waals surface area contributed by atoms with E-state index in [0.29, 0.717) is 21.5 Å². The lowest BCUT2D eigenvalue weighted by molar-refractivity contribution is 0.414. The summed E-state index contributed by atoms with van der Waals surface area (Å²) in [6.07, 6.45) is 1.58. The Morgan fingerprint density at radius 2 is 2.00 bits per heavy atom. The number of aryl methyl sites for hydroxylation is 1. The van der Waals surface area contributed by atoms with Crippen molar-refractivity contribution in [1.82, 2.24) is 14.8 Å². The number of rotatable bonds is 6. The molecule has 0 aliphatic carbocycles. The van der Waals surface area contributed by atoms with Crippen LogP contribution >= 0.6 is 23.4 Å². The molecular formula is C16H15ClN4O3S2. The van der Waals surface area contributed by atoms with E-state index in [1.54, 1.807) is 29.1 Å². The SMILES string of the molecule is COc1ccc(S(=O)(=O)Nc2ccccc2Sc2nncn2C)cc1Cl. The van der Waals surface area contributed by atoms with Crippen molar-refractivity contribution in [3.8, 4) is 5.75 Å². The van der Waals surface area contributed by atoms with E-state index in [2.05, 4.69) is 14.9 Å². The van der Waals surface area contributed by atoms with E-state index in [9.17, 15) is 8.42 Å². The lowest BCUT2D eigenvalue weighted by atomic mass is 10.3. The molecule has 0 saturated heterocycles. The molecule has 0 atom stereocenters. The number of anilines is 1. The monoisotopic (exact) mass is 410 g/mol. The number of sulfonamides is 1. The number of aromatic nitrogens is 3. The molecule has 26 heavy (non-hydrogen) atoms. The van der Waals surface area contributed by atoms with Crippen molar-refractivity contribution in [2.75, 3.05) is 11.8 Å². The Bertz CT molecular complexity index is 1040. The minimum atomic E-state index is -3.82. The fraction of sp³-hybridized carbons (Fsp3) is 0.125. The second kappa shape index (κ2) is 7.56. The first-order chi connectivity index (χ1) is 12.4. The maximum absolute atomic E-state index is 12.7. The number of hydrogen-bond donors (Lipinski definition) is 1. The first-order valence-electron chi connectivity index (χ1n) is 7.38. The summed E-state index contributed by atoms with van der Waals surface area (Å²) < 4.78 is 34.8. The Labute approximate surface area is 160 Å². The minimum absolute atomic E-state index is 0.0433. The van der Waals surface area contributed by atoms with Gasteiger partial charge >= 0.3 is 0 Å². The number of methoxy groups -OCH3 is 1. The summed E-state index contributed by atoms with van der Waals surface area (Å²) in [7, 11) is -0.539. The highest BCUT2D eigenvalue weighted by molar-refractivity contribution is 7.99. The molecule has 0 aliphatic rings. The zero-order valence-electron chi connectivity index (χ0n) is 13.9. The molecule has 0 bridgehead atoms. The molecule has 2 aromatic carbocycles. The molecule has 1 heterocycles. The Balaban J connectivity index is 1.91. The predicted octanol–water partition coefficient (Wildman–Crippen LogP) is 3.43. The topological polar surface area (TPSA) is 86.1 Å². The third kappa shape index (κ3) is 3.95. The van der Waals surface area contributed by atoms with Crippen molar-refractivity contribution in [1.29, 1.82) is 0 Å². The fourth-order valence-corrected chi connectivity index (χ4v) is 4.47. The summed E-state index contributed by atoms with van der Waals surface area (Å²) in [6, 6.07) is 11.4. The number of ether oxygens (including phenoxy) is 1. The fourth-order valence-electron chi connectivity index (χ4n) is 2.12. The van der Waals surface area contributed by atoms with Crippen molar-refractivity contribution < 1.29 is 13.2 Å². The minimum Gasteiger partial charge on any atom is -0.495 e. The first-order valence-corrected chi connectivity index (χ1v) is 10.1. The Morgan fingerprint density at radius 1 is 1.23 bits per heavy atom. The van der Waals surface area contributed by atoms with E-state index in [0.717, 1.165) is 0 Å². The molecule has 10 heteroatoms. The van der Waals surface area contributed by atoms with Crippen molar-refractivity contribution in [3.05, 3.63) is 53.8 Å². The van der Waals surface area contributed by atoms with Crippen LogP contribution in [0.2, 0.25) is 5.02 Å². The molecule has 0 aliphatic heterocycles. The average Bonchev–Trinajstić information content (AvgIpc) is 3.01. The van der Waals surface area contributed by atoms with Gasteiger partial charge in [0, 0.05) is 11.9 Å². The number of hydrogen-bond acceptors (Lipinski definition) is 6. The van der Waals surface area contributed by atoms with Gasteiger partial charge in [-0.25, -0.2) is 8.42 Å². The smallest absolute Gasteiger partial charge is 0.261 e. The Hall–Kier alpha value is -2.23. The van der Waals surface area contributed by atoms with Crippen LogP contribution in [0.3, 0.4) is 0 Å². The normalized spacial score (nSPS) is 11.3. The Kier molecular flexibility index (Phi) is 5.40. The third-order valence-corrected chi connectivity index (χ3v) is 6.22. The van der Waals surface area contributed by atoms with Gasteiger partial charge in [0.2, 0.25) is 0 Å². The van der Waals surface area contributed by atoms with Gasteiger partial charge in [-0.3, -0.25) is 4.72 Å². The van der Waals surface area contributed by atoms with Gasteiger partial charge in [0.15, 0.2) is 5.16 Å². The second-order valence-electron chi connectivity index (χ2n) is 5.22. The van der Waals surface area contributed by atoms with Crippen LogP contribution in [-0.4, -0.2) is 30.3 Å². The molecule has 7 nitrogen and oxygen atoms in total. The van der Waals surface area contributed by atoms with Crippen LogP contribution in [0.4, 0.5) is 5.69 Å². The lowest BCUT2D eigenvalue weighted by Crippen LogP contribution is -2.13. The van der Waals surface area contributed by atoms with Crippen molar-refractivity contribution in [2.24, 2.45) is 7.05 Å². The molecule has 0 spiro atoms. The molecule has 3 rings (SSSR count). The molecule has 1 aromatic heterocycles. The molecule has 136 valence electrons. The van der Waals surface area contributed by atoms with E-state index in [1.807, 2.05) is 13.1 Å². The highest BCUT2D eigenvalue weighted by Gasteiger charge is 2.18. The van der Waals surface area contributed by atoms with E-state index in [1.165, 1.54) is 37.1 Å². The van der Waals surface area contributed by atoms with Gasteiger partial charge in [-0.05, 0) is 42.1 Å².